The monoisotopic (exact) mass is 192 g/mol. The van der Waals surface area contributed by atoms with Crippen LogP contribution < -0.4 is 0 Å². The molecule has 3 heteroatoms. The molecule has 0 radical (unpaired) electrons. The van der Waals surface area contributed by atoms with E-state index in [1.54, 1.807) is 0 Å². The summed E-state index contributed by atoms with van der Waals surface area (Å²) < 4.78 is 1.85. The highest BCUT2D eigenvalue weighted by Gasteiger charge is 2.22. The van der Waals surface area contributed by atoms with Crippen LogP contribution >= 0.6 is 0 Å². The summed E-state index contributed by atoms with van der Waals surface area (Å²) in [4.78, 5) is 10.6. The van der Waals surface area contributed by atoms with Crippen molar-refractivity contribution in [3.63, 3.8) is 0 Å². The molecule has 0 aromatic carbocycles. The van der Waals surface area contributed by atoms with Crippen molar-refractivity contribution in [1.29, 1.82) is 0 Å². The van der Waals surface area contributed by atoms with Crippen LogP contribution in [-0.4, -0.2) is 16.1 Å². The second-order valence-corrected chi connectivity index (χ2v) is 4.20. The van der Waals surface area contributed by atoms with Crippen molar-refractivity contribution in [2.24, 2.45) is 13.0 Å². The normalized spacial score (nSPS) is 27.5. The molecule has 1 aliphatic rings. The van der Waals surface area contributed by atoms with Gasteiger partial charge in [0.1, 0.15) is 6.29 Å². The van der Waals surface area contributed by atoms with Gasteiger partial charge in [0, 0.05) is 19.2 Å². The van der Waals surface area contributed by atoms with Crippen molar-refractivity contribution in [1.82, 2.24) is 9.78 Å². The van der Waals surface area contributed by atoms with Gasteiger partial charge >= 0.3 is 0 Å². The van der Waals surface area contributed by atoms with Gasteiger partial charge in [-0.15, -0.1) is 0 Å². The predicted octanol–water partition coefficient (Wildman–Crippen LogP) is 1.89. The van der Waals surface area contributed by atoms with E-state index in [4.69, 9.17) is 0 Å². The maximum atomic E-state index is 10.6. The number of hydrogen-bond acceptors (Lipinski definition) is 2. The van der Waals surface area contributed by atoms with Gasteiger partial charge in [-0.05, 0) is 37.2 Å². The lowest BCUT2D eigenvalue weighted by Crippen LogP contribution is -2.13. The second kappa shape index (κ2) is 3.95. The molecule has 76 valence electrons. The van der Waals surface area contributed by atoms with Crippen molar-refractivity contribution in [2.75, 3.05) is 0 Å². The van der Waals surface area contributed by atoms with E-state index in [-0.39, 0.29) is 0 Å². The second-order valence-electron chi connectivity index (χ2n) is 4.20. The molecule has 1 heterocycles. The smallest absolute Gasteiger partial charge is 0.123 e. The van der Waals surface area contributed by atoms with E-state index in [2.05, 4.69) is 11.3 Å². The summed E-state index contributed by atoms with van der Waals surface area (Å²) in [5.74, 6) is 0.933. The lowest BCUT2D eigenvalue weighted by Gasteiger charge is -2.24. The van der Waals surface area contributed by atoms with Crippen LogP contribution in [0.2, 0.25) is 0 Å². The molecule has 1 aliphatic carbocycles. The molecule has 3 nitrogen and oxygen atoms in total. The van der Waals surface area contributed by atoms with Crippen LogP contribution in [0, 0.1) is 5.92 Å². The maximum absolute atomic E-state index is 10.6. The number of aryl methyl sites for hydroxylation is 1. The van der Waals surface area contributed by atoms with Gasteiger partial charge in [-0.25, -0.2) is 0 Å². The average Bonchev–Trinajstić information content (AvgIpc) is 2.65. The molecule has 0 bridgehead atoms. The summed E-state index contributed by atoms with van der Waals surface area (Å²) in [6.07, 6.45) is 9.51. The fraction of sp³-hybridized carbons (Fsp3) is 0.636. The summed E-state index contributed by atoms with van der Waals surface area (Å²) in [5.41, 5.74) is 1.33. The molecule has 14 heavy (non-hydrogen) atoms. The van der Waals surface area contributed by atoms with E-state index < -0.39 is 0 Å². The number of aldehydes is 1. The molecule has 0 aliphatic heterocycles. The van der Waals surface area contributed by atoms with Gasteiger partial charge in [0.25, 0.3) is 0 Å². The Kier molecular flexibility index (Phi) is 2.66. The summed E-state index contributed by atoms with van der Waals surface area (Å²) in [6, 6.07) is 0. The number of aromatic nitrogens is 2. The zero-order valence-electron chi connectivity index (χ0n) is 8.52. The molecular weight excluding hydrogens is 176 g/mol. The Morgan fingerprint density at radius 1 is 1.43 bits per heavy atom. The van der Waals surface area contributed by atoms with Crippen LogP contribution in [-0.2, 0) is 11.8 Å². The predicted molar refractivity (Wildman–Crippen MR) is 54.0 cm³/mol. The highest BCUT2D eigenvalue weighted by Crippen LogP contribution is 2.34. The SMILES string of the molecule is Cn1cc(C2CCC(C=O)CC2)cn1. The third-order valence-electron chi connectivity index (χ3n) is 3.16. The van der Waals surface area contributed by atoms with E-state index in [0.29, 0.717) is 11.8 Å². The largest absolute Gasteiger partial charge is 0.303 e. The van der Waals surface area contributed by atoms with E-state index in [9.17, 15) is 4.79 Å². The minimum absolute atomic E-state index is 0.308. The minimum atomic E-state index is 0.308. The van der Waals surface area contributed by atoms with Crippen molar-refractivity contribution >= 4 is 6.29 Å². The van der Waals surface area contributed by atoms with Crippen LogP contribution in [0.25, 0.3) is 0 Å². The molecule has 1 aromatic heterocycles. The van der Waals surface area contributed by atoms with E-state index in [0.717, 1.165) is 32.0 Å². The molecule has 1 aromatic rings. The molecule has 0 saturated heterocycles. The quantitative estimate of drug-likeness (QED) is 0.671. The highest BCUT2D eigenvalue weighted by atomic mass is 16.1. The van der Waals surface area contributed by atoms with Gasteiger partial charge in [0.2, 0.25) is 0 Å². The van der Waals surface area contributed by atoms with Gasteiger partial charge in [-0.2, -0.15) is 5.10 Å². The Morgan fingerprint density at radius 2 is 2.14 bits per heavy atom. The molecule has 1 fully saturated rings. The van der Waals surface area contributed by atoms with Crippen LogP contribution in [0.5, 0.6) is 0 Å². The summed E-state index contributed by atoms with van der Waals surface area (Å²) >= 11 is 0. The van der Waals surface area contributed by atoms with Crippen LogP contribution in [0.3, 0.4) is 0 Å². The van der Waals surface area contributed by atoms with Crippen molar-refractivity contribution in [3.05, 3.63) is 18.0 Å². The number of carbonyl (C=O) groups is 1. The van der Waals surface area contributed by atoms with Crippen LogP contribution in [0.15, 0.2) is 12.4 Å². The fourth-order valence-corrected chi connectivity index (χ4v) is 2.24. The fourth-order valence-electron chi connectivity index (χ4n) is 2.24. The van der Waals surface area contributed by atoms with Gasteiger partial charge < -0.3 is 4.79 Å². The Hall–Kier alpha value is -1.12. The Morgan fingerprint density at radius 3 is 2.64 bits per heavy atom. The van der Waals surface area contributed by atoms with Gasteiger partial charge in [0.15, 0.2) is 0 Å². The van der Waals surface area contributed by atoms with Gasteiger partial charge in [-0.1, -0.05) is 0 Å². The molecular formula is C11H16N2O. The Bertz CT molecular complexity index is 311. The van der Waals surface area contributed by atoms with E-state index in [1.165, 1.54) is 5.56 Å². The number of rotatable bonds is 2. The lowest BCUT2D eigenvalue weighted by molar-refractivity contribution is -0.111. The molecule has 1 saturated carbocycles. The summed E-state index contributed by atoms with van der Waals surface area (Å²) in [5, 5.41) is 4.18. The molecule has 0 amide bonds. The third kappa shape index (κ3) is 1.86. The zero-order valence-corrected chi connectivity index (χ0v) is 8.52. The van der Waals surface area contributed by atoms with Crippen molar-refractivity contribution in [2.45, 2.75) is 31.6 Å². The first-order valence-electron chi connectivity index (χ1n) is 5.23. The topological polar surface area (TPSA) is 34.9 Å². The highest BCUT2D eigenvalue weighted by molar-refractivity contribution is 5.53. The zero-order chi connectivity index (χ0) is 9.97. The Labute approximate surface area is 84.1 Å². The van der Waals surface area contributed by atoms with E-state index in [1.807, 2.05) is 17.9 Å². The van der Waals surface area contributed by atoms with Crippen LogP contribution in [0.4, 0.5) is 0 Å². The van der Waals surface area contributed by atoms with Gasteiger partial charge in [0.05, 0.1) is 6.20 Å². The number of nitrogens with zero attached hydrogens (tertiary/aromatic N) is 2. The van der Waals surface area contributed by atoms with Crippen molar-refractivity contribution in [3.8, 4) is 0 Å². The molecule has 2 rings (SSSR count). The minimum Gasteiger partial charge on any atom is -0.303 e. The number of hydrogen-bond donors (Lipinski definition) is 0. The van der Waals surface area contributed by atoms with Gasteiger partial charge in [-0.3, -0.25) is 4.68 Å². The molecule has 0 spiro atoms. The first-order valence-corrected chi connectivity index (χ1v) is 5.23. The molecule has 0 unspecified atom stereocenters. The summed E-state index contributed by atoms with van der Waals surface area (Å²) in [6.45, 7) is 0. The van der Waals surface area contributed by atoms with E-state index >= 15 is 0 Å². The summed E-state index contributed by atoms with van der Waals surface area (Å²) in [7, 11) is 1.94. The molecule has 0 N–H and O–H groups in total. The first kappa shape index (κ1) is 9.44. The maximum Gasteiger partial charge on any atom is 0.123 e. The average molecular weight is 192 g/mol. The van der Waals surface area contributed by atoms with Crippen molar-refractivity contribution < 1.29 is 4.79 Å². The van der Waals surface area contributed by atoms with Crippen LogP contribution in [0.1, 0.15) is 37.2 Å². The molecule has 0 atom stereocenters. The number of carbonyl (C=O) groups excluding carboxylic acids is 1. The lowest BCUT2D eigenvalue weighted by atomic mass is 9.80. The Balaban J connectivity index is 1.98. The standard InChI is InChI=1S/C11H16N2O/c1-13-7-11(6-12-13)10-4-2-9(8-14)3-5-10/h6-10H,2-5H2,1H3. The third-order valence-corrected chi connectivity index (χ3v) is 3.16. The first-order chi connectivity index (χ1) is 6.79.